The highest BCUT2D eigenvalue weighted by Crippen LogP contribution is 2.42. The number of amides is 2. The summed E-state index contributed by atoms with van der Waals surface area (Å²) < 4.78 is 0. The van der Waals surface area contributed by atoms with Crippen LogP contribution in [0.4, 0.5) is 0 Å². The van der Waals surface area contributed by atoms with Crippen molar-refractivity contribution in [2.45, 2.75) is 38.1 Å². The highest BCUT2D eigenvalue weighted by molar-refractivity contribution is 6.31. The Hall–Kier alpha value is -1.88. The van der Waals surface area contributed by atoms with Crippen LogP contribution in [-0.2, 0) is 19.9 Å². The lowest BCUT2D eigenvalue weighted by Crippen LogP contribution is -2.56. The molecule has 124 valence electrons. The highest BCUT2D eigenvalue weighted by atomic mass is 35.5. The fourth-order valence-corrected chi connectivity index (χ4v) is 3.45. The van der Waals surface area contributed by atoms with Gasteiger partial charge in [-0.15, -0.1) is 0 Å². The molecule has 0 aliphatic heterocycles. The smallest absolute Gasteiger partial charge is 0.242 e. The van der Waals surface area contributed by atoms with Crippen LogP contribution in [0.3, 0.4) is 0 Å². The third-order valence-electron chi connectivity index (χ3n) is 4.41. The van der Waals surface area contributed by atoms with Crippen LogP contribution in [0.1, 0.15) is 38.2 Å². The number of halogens is 1. The molecule has 0 saturated heterocycles. The van der Waals surface area contributed by atoms with E-state index in [1.165, 1.54) is 11.8 Å². The van der Waals surface area contributed by atoms with E-state index in [1.54, 1.807) is 25.2 Å². The van der Waals surface area contributed by atoms with Gasteiger partial charge in [-0.05, 0) is 25.3 Å². The molecular weight excluding hydrogens is 316 g/mol. The van der Waals surface area contributed by atoms with Crippen LogP contribution in [0.2, 0.25) is 5.02 Å². The van der Waals surface area contributed by atoms with E-state index in [2.05, 4.69) is 5.32 Å². The molecule has 0 aromatic heterocycles. The second-order valence-electron chi connectivity index (χ2n) is 5.83. The second kappa shape index (κ2) is 7.13. The monoisotopic (exact) mass is 336 g/mol. The first-order valence-electron chi connectivity index (χ1n) is 7.69. The van der Waals surface area contributed by atoms with Crippen LogP contribution in [0.15, 0.2) is 24.3 Å². The van der Waals surface area contributed by atoms with E-state index < -0.39 is 5.54 Å². The molecule has 23 heavy (non-hydrogen) atoms. The molecule has 1 fully saturated rings. The van der Waals surface area contributed by atoms with E-state index in [1.807, 2.05) is 6.07 Å². The van der Waals surface area contributed by atoms with Crippen molar-refractivity contribution in [3.05, 3.63) is 34.9 Å². The zero-order valence-corrected chi connectivity index (χ0v) is 14.2. The van der Waals surface area contributed by atoms with Crippen molar-refractivity contribution in [1.29, 1.82) is 0 Å². The molecule has 1 aliphatic rings. The molecular formula is C17H21ClN2O3. The summed E-state index contributed by atoms with van der Waals surface area (Å²) in [6.45, 7) is 1.22. The van der Waals surface area contributed by atoms with E-state index in [-0.39, 0.29) is 24.1 Å². The molecule has 2 amide bonds. The second-order valence-corrected chi connectivity index (χ2v) is 6.24. The van der Waals surface area contributed by atoms with Gasteiger partial charge in [0.25, 0.3) is 0 Å². The third kappa shape index (κ3) is 3.39. The summed E-state index contributed by atoms with van der Waals surface area (Å²) >= 11 is 6.33. The maximum Gasteiger partial charge on any atom is 0.242 e. The van der Waals surface area contributed by atoms with Crippen LogP contribution < -0.4 is 5.32 Å². The van der Waals surface area contributed by atoms with Gasteiger partial charge in [-0.3, -0.25) is 14.4 Å². The topological polar surface area (TPSA) is 66.5 Å². The molecule has 0 unspecified atom stereocenters. The Morgan fingerprint density at radius 3 is 2.61 bits per heavy atom. The van der Waals surface area contributed by atoms with Gasteiger partial charge in [0.15, 0.2) is 5.78 Å². The summed E-state index contributed by atoms with van der Waals surface area (Å²) in [5.41, 5.74) is -0.392. The number of hydrogen-bond acceptors (Lipinski definition) is 3. The van der Waals surface area contributed by atoms with Crippen molar-refractivity contribution in [1.82, 2.24) is 10.2 Å². The summed E-state index contributed by atoms with van der Waals surface area (Å²) in [6, 6.07) is 7.14. The van der Waals surface area contributed by atoms with Gasteiger partial charge >= 0.3 is 0 Å². The number of carbonyl (C=O) groups is 3. The predicted molar refractivity (Wildman–Crippen MR) is 88.1 cm³/mol. The van der Waals surface area contributed by atoms with Crippen LogP contribution in [-0.4, -0.2) is 36.1 Å². The fraction of sp³-hybridized carbons (Fsp3) is 0.471. The third-order valence-corrected chi connectivity index (χ3v) is 4.74. The molecule has 1 N–H and O–H groups in total. The number of nitrogens with one attached hydrogen (secondary N) is 1. The number of nitrogens with zero attached hydrogens (tertiary/aromatic N) is 1. The first-order chi connectivity index (χ1) is 10.9. The van der Waals surface area contributed by atoms with Crippen molar-refractivity contribution < 1.29 is 14.4 Å². The maximum absolute atomic E-state index is 12.8. The van der Waals surface area contributed by atoms with Gasteiger partial charge in [0.1, 0.15) is 5.54 Å². The molecule has 5 nitrogen and oxygen atoms in total. The number of benzene rings is 1. The first-order valence-corrected chi connectivity index (χ1v) is 8.07. The van der Waals surface area contributed by atoms with E-state index in [9.17, 15) is 14.4 Å². The molecule has 1 aromatic rings. The minimum absolute atomic E-state index is 0.00414. The Morgan fingerprint density at radius 1 is 1.30 bits per heavy atom. The van der Waals surface area contributed by atoms with Gasteiger partial charge in [-0.1, -0.05) is 29.8 Å². The lowest BCUT2D eigenvalue weighted by Gasteiger charge is -2.44. The molecule has 0 radical (unpaired) electrons. The average molecular weight is 337 g/mol. The van der Waals surface area contributed by atoms with Crippen LogP contribution in [0, 0.1) is 0 Å². The maximum atomic E-state index is 12.8. The largest absolute Gasteiger partial charge is 0.347 e. The molecule has 0 spiro atoms. The number of carbonyl (C=O) groups excluding carboxylic acids is 3. The summed E-state index contributed by atoms with van der Waals surface area (Å²) in [4.78, 5) is 37.8. The fourth-order valence-electron chi connectivity index (χ4n) is 3.16. The quantitative estimate of drug-likeness (QED) is 0.917. The minimum atomic E-state index is -1.05. The van der Waals surface area contributed by atoms with Crippen molar-refractivity contribution in [3.63, 3.8) is 0 Å². The highest BCUT2D eigenvalue weighted by Gasteiger charge is 2.47. The lowest BCUT2D eigenvalue weighted by molar-refractivity contribution is -0.147. The van der Waals surface area contributed by atoms with Gasteiger partial charge < -0.3 is 10.2 Å². The number of ketones is 1. The van der Waals surface area contributed by atoms with Gasteiger partial charge in [0.05, 0.1) is 6.54 Å². The Labute approximate surface area is 141 Å². The molecule has 1 aromatic carbocycles. The standard InChI is InChI=1S/C17H21ClN2O3/c1-12(21)19-11-16(23)20(2)17(10-6-5-9-15(17)22)13-7-3-4-8-14(13)18/h3-4,7-8H,5-6,9-11H2,1-2H3,(H,19,21)/t17-/m0/s1. The van der Waals surface area contributed by atoms with E-state index in [0.29, 0.717) is 23.4 Å². The van der Waals surface area contributed by atoms with Crippen molar-refractivity contribution in [3.8, 4) is 0 Å². The molecule has 6 heteroatoms. The van der Waals surface area contributed by atoms with Crippen molar-refractivity contribution in [2.24, 2.45) is 0 Å². The number of likely N-dealkylation sites (N-methyl/N-ethyl adjacent to an activating group) is 1. The average Bonchev–Trinajstić information content (AvgIpc) is 2.53. The Morgan fingerprint density at radius 2 is 2.00 bits per heavy atom. The van der Waals surface area contributed by atoms with Gasteiger partial charge in [0, 0.05) is 31.0 Å². The van der Waals surface area contributed by atoms with E-state index in [4.69, 9.17) is 11.6 Å². The van der Waals surface area contributed by atoms with E-state index in [0.717, 1.165) is 12.8 Å². The predicted octanol–water partition coefficient (Wildman–Crippen LogP) is 2.27. The van der Waals surface area contributed by atoms with Gasteiger partial charge in [0.2, 0.25) is 11.8 Å². The Bertz CT molecular complexity index is 632. The van der Waals surface area contributed by atoms with Crippen LogP contribution >= 0.6 is 11.6 Å². The summed E-state index contributed by atoms with van der Waals surface area (Å²) in [5.74, 6) is -0.598. The zero-order valence-electron chi connectivity index (χ0n) is 13.4. The molecule has 0 bridgehead atoms. The normalized spacial score (nSPS) is 20.9. The van der Waals surface area contributed by atoms with Crippen molar-refractivity contribution >= 4 is 29.2 Å². The van der Waals surface area contributed by atoms with Crippen molar-refractivity contribution in [2.75, 3.05) is 13.6 Å². The minimum Gasteiger partial charge on any atom is -0.347 e. The van der Waals surface area contributed by atoms with E-state index >= 15 is 0 Å². The number of Topliss-reactive ketones (excluding diaryl/α,β-unsaturated/α-hetero) is 1. The first kappa shape index (κ1) is 17.5. The summed E-state index contributed by atoms with van der Waals surface area (Å²) in [7, 11) is 1.61. The molecule has 0 heterocycles. The zero-order chi connectivity index (χ0) is 17.0. The van der Waals surface area contributed by atoms with Crippen LogP contribution in [0.25, 0.3) is 0 Å². The Balaban J connectivity index is 2.42. The molecule has 1 saturated carbocycles. The lowest BCUT2D eigenvalue weighted by atomic mass is 9.74. The summed E-state index contributed by atoms with van der Waals surface area (Å²) in [6.07, 6.45) is 2.62. The number of hydrogen-bond donors (Lipinski definition) is 1. The molecule has 1 atom stereocenters. The van der Waals surface area contributed by atoms with Crippen LogP contribution in [0.5, 0.6) is 0 Å². The van der Waals surface area contributed by atoms with Gasteiger partial charge in [-0.2, -0.15) is 0 Å². The summed E-state index contributed by atoms with van der Waals surface area (Å²) in [5, 5.41) is 2.96. The Kier molecular flexibility index (Phi) is 5.42. The number of rotatable bonds is 4. The molecule has 2 rings (SSSR count). The molecule has 1 aliphatic carbocycles. The van der Waals surface area contributed by atoms with Gasteiger partial charge in [-0.25, -0.2) is 0 Å². The SMILES string of the molecule is CC(=O)NCC(=O)N(C)[C@]1(c2ccccc2Cl)CCCCC1=O.